The number of likely N-dealkylation sites (N-methyl/N-ethyl adjacent to an activating group) is 1. The van der Waals surface area contributed by atoms with Gasteiger partial charge in [0.25, 0.3) is 0 Å². The van der Waals surface area contributed by atoms with E-state index in [0.717, 1.165) is 49.5 Å². The van der Waals surface area contributed by atoms with Gasteiger partial charge in [-0.2, -0.15) is 0 Å². The summed E-state index contributed by atoms with van der Waals surface area (Å²) in [6.07, 6.45) is 1.03. The zero-order valence-corrected chi connectivity index (χ0v) is 19.6. The van der Waals surface area contributed by atoms with Crippen molar-refractivity contribution in [3.63, 3.8) is 0 Å². The molecule has 5 heteroatoms. The van der Waals surface area contributed by atoms with Crippen LogP contribution in [0.5, 0.6) is 5.75 Å². The molecule has 0 saturated carbocycles. The van der Waals surface area contributed by atoms with Crippen LogP contribution in [0.25, 0.3) is 0 Å². The Balaban J connectivity index is 1.42. The topological polar surface area (TPSA) is 36.0 Å². The summed E-state index contributed by atoms with van der Waals surface area (Å²) in [5, 5.41) is 0. The zero-order chi connectivity index (χ0) is 23.0. The van der Waals surface area contributed by atoms with Gasteiger partial charge in [-0.05, 0) is 41.8 Å². The van der Waals surface area contributed by atoms with E-state index in [1.54, 1.807) is 7.11 Å². The average Bonchev–Trinajstić information content (AvgIpc) is 3.11. The van der Waals surface area contributed by atoms with E-state index in [1.807, 2.05) is 60.5 Å². The van der Waals surface area contributed by atoms with Gasteiger partial charge < -0.3 is 14.5 Å². The average molecular weight is 444 g/mol. The van der Waals surface area contributed by atoms with Gasteiger partial charge in [-0.15, -0.1) is 0 Å². The highest BCUT2D eigenvalue weighted by Crippen LogP contribution is 2.28. The highest BCUT2D eigenvalue weighted by molar-refractivity contribution is 5.79. The lowest BCUT2D eigenvalue weighted by Crippen LogP contribution is -2.41. The Labute approximate surface area is 197 Å². The first-order valence-corrected chi connectivity index (χ1v) is 11.6. The standard InChI is InChI=1S/C28H33N3O2/c1-29(28(23-10-5-3-6-11-23)24-12-7-4-8-13-24)27(32)22-30-18-9-19-31(21-20-30)25-14-16-26(33-2)17-15-25/h3-8,10-17,28H,9,18-22H2,1-2H3. The summed E-state index contributed by atoms with van der Waals surface area (Å²) >= 11 is 0. The molecule has 1 amide bonds. The molecule has 0 radical (unpaired) electrons. The van der Waals surface area contributed by atoms with E-state index < -0.39 is 0 Å². The fourth-order valence-corrected chi connectivity index (χ4v) is 4.54. The number of rotatable bonds is 7. The highest BCUT2D eigenvalue weighted by atomic mass is 16.5. The Kier molecular flexibility index (Phi) is 7.63. The van der Waals surface area contributed by atoms with Crippen molar-refractivity contribution in [2.75, 3.05) is 51.8 Å². The van der Waals surface area contributed by atoms with Gasteiger partial charge in [-0.1, -0.05) is 60.7 Å². The summed E-state index contributed by atoms with van der Waals surface area (Å²) in [7, 11) is 3.61. The second-order valence-corrected chi connectivity index (χ2v) is 8.54. The van der Waals surface area contributed by atoms with E-state index in [0.29, 0.717) is 6.54 Å². The normalized spacial score (nSPS) is 14.7. The van der Waals surface area contributed by atoms with E-state index in [1.165, 1.54) is 5.69 Å². The summed E-state index contributed by atoms with van der Waals surface area (Å²) in [6.45, 7) is 4.12. The number of hydrogen-bond acceptors (Lipinski definition) is 4. The van der Waals surface area contributed by atoms with Crippen molar-refractivity contribution < 1.29 is 9.53 Å². The van der Waals surface area contributed by atoms with Crippen LogP contribution in [0.15, 0.2) is 84.9 Å². The monoisotopic (exact) mass is 443 g/mol. The summed E-state index contributed by atoms with van der Waals surface area (Å²) in [4.78, 5) is 20.0. The molecule has 1 fully saturated rings. The van der Waals surface area contributed by atoms with Gasteiger partial charge in [-0.3, -0.25) is 9.69 Å². The van der Waals surface area contributed by atoms with E-state index in [4.69, 9.17) is 4.74 Å². The van der Waals surface area contributed by atoms with Crippen molar-refractivity contribution in [3.8, 4) is 5.75 Å². The van der Waals surface area contributed by atoms with Crippen molar-refractivity contribution in [1.29, 1.82) is 0 Å². The molecular formula is C28H33N3O2. The number of nitrogens with zero attached hydrogens (tertiary/aromatic N) is 3. The molecule has 0 N–H and O–H groups in total. The zero-order valence-electron chi connectivity index (χ0n) is 19.6. The first kappa shape index (κ1) is 22.9. The molecule has 33 heavy (non-hydrogen) atoms. The Bertz CT molecular complexity index is 969. The lowest BCUT2D eigenvalue weighted by molar-refractivity contribution is -0.132. The first-order chi connectivity index (χ1) is 16.2. The third-order valence-electron chi connectivity index (χ3n) is 6.40. The van der Waals surface area contributed by atoms with Gasteiger partial charge in [0.1, 0.15) is 5.75 Å². The maximum Gasteiger partial charge on any atom is 0.237 e. The Morgan fingerprint density at radius 3 is 2.03 bits per heavy atom. The Hall–Kier alpha value is -3.31. The SMILES string of the molecule is COc1ccc(N2CCCN(CC(=O)N(C)C(c3ccccc3)c3ccccc3)CC2)cc1. The van der Waals surface area contributed by atoms with Crippen molar-refractivity contribution in [2.45, 2.75) is 12.5 Å². The molecule has 3 aromatic rings. The molecule has 0 aromatic heterocycles. The van der Waals surface area contributed by atoms with Crippen LogP contribution < -0.4 is 9.64 Å². The molecule has 0 bridgehead atoms. The maximum atomic E-state index is 13.4. The predicted molar refractivity (Wildman–Crippen MR) is 134 cm³/mol. The van der Waals surface area contributed by atoms with Crippen molar-refractivity contribution >= 4 is 11.6 Å². The number of carbonyl (C=O) groups excluding carboxylic acids is 1. The fraction of sp³-hybridized carbons (Fsp3) is 0.321. The van der Waals surface area contributed by atoms with Crippen LogP contribution in [0, 0.1) is 0 Å². The van der Waals surface area contributed by atoms with Crippen LogP contribution in [0.4, 0.5) is 5.69 Å². The summed E-state index contributed by atoms with van der Waals surface area (Å²) in [6, 6.07) is 28.7. The third kappa shape index (κ3) is 5.74. The van der Waals surface area contributed by atoms with Gasteiger partial charge in [0.05, 0.1) is 19.7 Å². The summed E-state index contributed by atoms with van der Waals surface area (Å²) < 4.78 is 5.28. The quantitative estimate of drug-likeness (QED) is 0.540. The second-order valence-electron chi connectivity index (χ2n) is 8.54. The number of carbonyl (C=O) groups is 1. The van der Waals surface area contributed by atoms with Crippen molar-refractivity contribution in [3.05, 3.63) is 96.1 Å². The highest BCUT2D eigenvalue weighted by Gasteiger charge is 2.25. The molecule has 0 atom stereocenters. The van der Waals surface area contributed by atoms with Gasteiger partial charge in [0.15, 0.2) is 0 Å². The molecule has 172 valence electrons. The molecule has 0 unspecified atom stereocenters. The molecule has 1 aliphatic rings. The predicted octanol–water partition coefficient (Wildman–Crippen LogP) is 4.46. The van der Waals surface area contributed by atoms with Crippen molar-refractivity contribution in [2.24, 2.45) is 0 Å². The smallest absolute Gasteiger partial charge is 0.237 e. The maximum absolute atomic E-state index is 13.4. The molecule has 1 aliphatic heterocycles. The first-order valence-electron chi connectivity index (χ1n) is 11.6. The summed E-state index contributed by atoms with van der Waals surface area (Å²) in [5.41, 5.74) is 3.46. The molecule has 1 saturated heterocycles. The number of ether oxygens (including phenoxy) is 1. The Morgan fingerprint density at radius 2 is 1.45 bits per heavy atom. The molecule has 0 aliphatic carbocycles. The minimum Gasteiger partial charge on any atom is -0.497 e. The lowest BCUT2D eigenvalue weighted by atomic mass is 9.97. The number of amides is 1. The van der Waals surface area contributed by atoms with Crippen LogP contribution >= 0.6 is 0 Å². The number of benzene rings is 3. The lowest BCUT2D eigenvalue weighted by Gasteiger charge is -2.31. The van der Waals surface area contributed by atoms with Crippen LogP contribution in [0.2, 0.25) is 0 Å². The molecular weight excluding hydrogens is 410 g/mol. The largest absolute Gasteiger partial charge is 0.497 e. The number of hydrogen-bond donors (Lipinski definition) is 0. The minimum absolute atomic E-state index is 0.0947. The van der Waals surface area contributed by atoms with Crippen LogP contribution in [-0.4, -0.2) is 62.6 Å². The molecule has 3 aromatic carbocycles. The van der Waals surface area contributed by atoms with Gasteiger partial charge in [0, 0.05) is 38.9 Å². The fourth-order valence-electron chi connectivity index (χ4n) is 4.54. The third-order valence-corrected chi connectivity index (χ3v) is 6.40. The van der Waals surface area contributed by atoms with Crippen LogP contribution in [0.1, 0.15) is 23.6 Å². The number of methoxy groups -OCH3 is 1. The molecule has 4 rings (SSSR count). The molecule has 5 nitrogen and oxygen atoms in total. The van der Waals surface area contributed by atoms with Crippen molar-refractivity contribution in [1.82, 2.24) is 9.80 Å². The van der Waals surface area contributed by atoms with Gasteiger partial charge >= 0.3 is 0 Å². The second kappa shape index (κ2) is 11.0. The van der Waals surface area contributed by atoms with Crippen LogP contribution in [0.3, 0.4) is 0 Å². The van der Waals surface area contributed by atoms with Gasteiger partial charge in [-0.25, -0.2) is 0 Å². The van der Waals surface area contributed by atoms with E-state index in [9.17, 15) is 4.79 Å². The molecule has 0 spiro atoms. The number of anilines is 1. The van der Waals surface area contributed by atoms with Crippen LogP contribution in [-0.2, 0) is 4.79 Å². The van der Waals surface area contributed by atoms with E-state index >= 15 is 0 Å². The van der Waals surface area contributed by atoms with E-state index in [2.05, 4.69) is 46.2 Å². The van der Waals surface area contributed by atoms with Gasteiger partial charge in [0.2, 0.25) is 5.91 Å². The minimum atomic E-state index is -0.0947. The van der Waals surface area contributed by atoms with E-state index in [-0.39, 0.29) is 11.9 Å². The Morgan fingerprint density at radius 1 is 0.848 bits per heavy atom. The summed E-state index contributed by atoms with van der Waals surface area (Å²) in [5.74, 6) is 1.01. The molecule has 1 heterocycles.